The average Bonchev–Trinajstić information content (AvgIpc) is 2.29. The first-order chi connectivity index (χ1) is 6.00. The summed E-state index contributed by atoms with van der Waals surface area (Å²) in [6, 6.07) is 1.38. The summed E-state index contributed by atoms with van der Waals surface area (Å²) in [5, 5.41) is 23.4. The number of rotatable bonds is 3. The minimum absolute atomic E-state index is 0.0848. The molecule has 0 saturated carbocycles. The molecule has 1 unspecified atom stereocenters. The minimum Gasteiger partial charge on any atom is -0.389 e. The first-order valence-corrected chi connectivity index (χ1v) is 3.87. The summed E-state index contributed by atoms with van der Waals surface area (Å²) in [5.74, 6) is -0.0848. The molecule has 1 heterocycles. The van der Waals surface area contributed by atoms with Gasteiger partial charge in [-0.05, 0) is 18.8 Å². The molecule has 0 bridgehead atoms. The van der Waals surface area contributed by atoms with Gasteiger partial charge in [0.2, 0.25) is 0 Å². The van der Waals surface area contributed by atoms with E-state index in [4.69, 9.17) is 5.11 Å². The highest BCUT2D eigenvalue weighted by Crippen LogP contribution is 2.12. The Morgan fingerprint density at radius 3 is 2.92 bits per heavy atom. The van der Waals surface area contributed by atoms with Gasteiger partial charge in [-0.1, -0.05) is 5.10 Å². The van der Waals surface area contributed by atoms with Gasteiger partial charge in [-0.3, -0.25) is 0 Å². The zero-order valence-electron chi connectivity index (χ0n) is 7.47. The molecule has 72 valence electrons. The largest absolute Gasteiger partial charge is 0.389 e. The van der Waals surface area contributed by atoms with Crippen molar-refractivity contribution < 1.29 is 10.0 Å². The second kappa shape index (κ2) is 3.53. The van der Waals surface area contributed by atoms with Gasteiger partial charge in [0.05, 0.1) is 17.9 Å². The Labute approximate surface area is 74.9 Å². The number of aryl methyl sites for hydroxylation is 1. The number of nitrogens with zero attached hydrogens (tertiary/aromatic N) is 3. The van der Waals surface area contributed by atoms with Gasteiger partial charge < -0.3 is 15.2 Å². The van der Waals surface area contributed by atoms with Crippen LogP contribution in [0.2, 0.25) is 0 Å². The molecule has 6 heteroatoms. The zero-order valence-corrected chi connectivity index (χ0v) is 7.47. The highest BCUT2D eigenvalue weighted by Gasteiger charge is 2.17. The fourth-order valence-corrected chi connectivity index (χ4v) is 1.06. The normalized spacial score (nSPS) is 12.8. The standard InChI is InChI=1S/C7H11N3O3/c1-5-3-7(10(12)13)9(8-5)4-6(2)11/h3,6,11H,4H2,1-2H3. The summed E-state index contributed by atoms with van der Waals surface area (Å²) < 4.78 is 1.19. The molecule has 13 heavy (non-hydrogen) atoms. The van der Waals surface area contributed by atoms with Crippen LogP contribution in [0.3, 0.4) is 0 Å². The van der Waals surface area contributed by atoms with Crippen LogP contribution < -0.4 is 0 Å². The van der Waals surface area contributed by atoms with Gasteiger partial charge in [-0.15, -0.1) is 4.68 Å². The van der Waals surface area contributed by atoms with Crippen molar-refractivity contribution in [1.82, 2.24) is 9.78 Å². The Morgan fingerprint density at radius 2 is 2.46 bits per heavy atom. The summed E-state index contributed by atoms with van der Waals surface area (Å²) in [7, 11) is 0. The molecule has 0 aliphatic carbocycles. The smallest absolute Gasteiger partial charge is 0.345 e. The number of aliphatic hydroxyl groups excluding tert-OH is 1. The number of nitro groups is 1. The molecule has 0 spiro atoms. The topological polar surface area (TPSA) is 81.2 Å². The molecule has 0 amide bonds. The van der Waals surface area contributed by atoms with E-state index in [1.54, 1.807) is 13.8 Å². The van der Waals surface area contributed by atoms with Crippen LogP contribution in [0, 0.1) is 17.0 Å². The van der Waals surface area contributed by atoms with E-state index in [-0.39, 0.29) is 12.4 Å². The molecule has 1 N–H and O–H groups in total. The van der Waals surface area contributed by atoms with Crippen LogP contribution in [0.25, 0.3) is 0 Å². The van der Waals surface area contributed by atoms with Gasteiger partial charge in [-0.2, -0.15) is 0 Å². The summed E-state index contributed by atoms with van der Waals surface area (Å²) in [4.78, 5) is 9.97. The molecule has 1 rings (SSSR count). The highest BCUT2D eigenvalue weighted by molar-refractivity contribution is 5.21. The van der Waals surface area contributed by atoms with Gasteiger partial charge in [-0.25, -0.2) is 0 Å². The fourth-order valence-electron chi connectivity index (χ4n) is 1.06. The van der Waals surface area contributed by atoms with E-state index < -0.39 is 11.0 Å². The van der Waals surface area contributed by atoms with E-state index in [1.165, 1.54) is 10.7 Å². The summed E-state index contributed by atoms with van der Waals surface area (Å²) >= 11 is 0. The van der Waals surface area contributed by atoms with Crippen LogP contribution >= 0.6 is 0 Å². The second-order valence-electron chi connectivity index (χ2n) is 2.93. The SMILES string of the molecule is Cc1cc([N+](=O)[O-])n(CC(C)O)n1. The lowest BCUT2D eigenvalue weighted by atomic mass is 10.4. The molecule has 0 saturated heterocycles. The molecule has 0 aliphatic rings. The molecular formula is C7H11N3O3. The molecule has 6 nitrogen and oxygen atoms in total. The monoisotopic (exact) mass is 185 g/mol. The third-order valence-corrected chi connectivity index (χ3v) is 1.51. The number of aliphatic hydroxyl groups is 1. The van der Waals surface area contributed by atoms with Crippen molar-refractivity contribution in [3.05, 3.63) is 21.9 Å². The third-order valence-electron chi connectivity index (χ3n) is 1.51. The molecule has 1 aromatic rings. The van der Waals surface area contributed by atoms with Crippen molar-refractivity contribution in [3.63, 3.8) is 0 Å². The average molecular weight is 185 g/mol. The number of aromatic nitrogens is 2. The quantitative estimate of drug-likeness (QED) is 0.548. The lowest BCUT2D eigenvalue weighted by molar-refractivity contribution is -0.392. The maximum atomic E-state index is 10.5. The Morgan fingerprint density at radius 1 is 1.85 bits per heavy atom. The highest BCUT2D eigenvalue weighted by atomic mass is 16.6. The Balaban J connectivity index is 2.97. The van der Waals surface area contributed by atoms with E-state index in [9.17, 15) is 10.1 Å². The van der Waals surface area contributed by atoms with Crippen molar-refractivity contribution in [2.45, 2.75) is 26.5 Å². The molecule has 1 aromatic heterocycles. The van der Waals surface area contributed by atoms with Crippen LogP contribution in [0.15, 0.2) is 6.07 Å². The molecule has 0 aliphatic heterocycles. The molecular weight excluding hydrogens is 174 g/mol. The first kappa shape index (κ1) is 9.66. The number of hydrogen-bond donors (Lipinski definition) is 1. The Bertz CT molecular complexity index is 319. The van der Waals surface area contributed by atoms with Crippen LogP contribution in [0.1, 0.15) is 12.6 Å². The van der Waals surface area contributed by atoms with Crippen LogP contribution in [-0.2, 0) is 6.54 Å². The number of hydrogen-bond acceptors (Lipinski definition) is 4. The van der Waals surface area contributed by atoms with Crippen LogP contribution in [0.5, 0.6) is 0 Å². The Hall–Kier alpha value is -1.43. The zero-order chi connectivity index (χ0) is 10.0. The van der Waals surface area contributed by atoms with Gasteiger partial charge in [0.1, 0.15) is 6.54 Å². The Kier molecular flexibility index (Phi) is 2.62. The van der Waals surface area contributed by atoms with Crippen molar-refractivity contribution in [2.75, 3.05) is 0 Å². The maximum absolute atomic E-state index is 10.5. The molecule has 0 aromatic carbocycles. The van der Waals surface area contributed by atoms with E-state index in [0.717, 1.165) is 0 Å². The van der Waals surface area contributed by atoms with Crippen molar-refractivity contribution in [3.8, 4) is 0 Å². The van der Waals surface area contributed by atoms with E-state index in [1.807, 2.05) is 0 Å². The molecule has 0 radical (unpaired) electrons. The maximum Gasteiger partial charge on any atom is 0.345 e. The van der Waals surface area contributed by atoms with E-state index in [2.05, 4.69) is 5.10 Å². The fraction of sp³-hybridized carbons (Fsp3) is 0.571. The van der Waals surface area contributed by atoms with Crippen molar-refractivity contribution in [2.24, 2.45) is 0 Å². The van der Waals surface area contributed by atoms with Gasteiger partial charge in [0, 0.05) is 0 Å². The summed E-state index contributed by atoms with van der Waals surface area (Å²) in [6.07, 6.45) is -0.641. The first-order valence-electron chi connectivity index (χ1n) is 3.87. The summed E-state index contributed by atoms with van der Waals surface area (Å²) in [5.41, 5.74) is 0.576. The molecule has 0 fully saturated rings. The lowest BCUT2D eigenvalue weighted by Crippen LogP contribution is -2.14. The second-order valence-corrected chi connectivity index (χ2v) is 2.93. The van der Waals surface area contributed by atoms with Gasteiger partial charge in [0.25, 0.3) is 0 Å². The van der Waals surface area contributed by atoms with Crippen molar-refractivity contribution >= 4 is 5.82 Å². The predicted molar refractivity (Wildman–Crippen MR) is 45.3 cm³/mol. The minimum atomic E-state index is -0.641. The van der Waals surface area contributed by atoms with Gasteiger partial charge in [0.15, 0.2) is 0 Å². The van der Waals surface area contributed by atoms with Crippen LogP contribution in [0.4, 0.5) is 5.82 Å². The van der Waals surface area contributed by atoms with Crippen LogP contribution in [-0.4, -0.2) is 25.9 Å². The van der Waals surface area contributed by atoms with E-state index in [0.29, 0.717) is 5.69 Å². The van der Waals surface area contributed by atoms with E-state index >= 15 is 0 Å². The van der Waals surface area contributed by atoms with Gasteiger partial charge >= 0.3 is 5.82 Å². The lowest BCUT2D eigenvalue weighted by Gasteiger charge is -2.00. The third kappa shape index (κ3) is 2.25. The van der Waals surface area contributed by atoms with Crippen molar-refractivity contribution in [1.29, 1.82) is 0 Å². The predicted octanol–water partition coefficient (Wildman–Crippen LogP) is 0.481. The summed E-state index contributed by atoms with van der Waals surface area (Å²) in [6.45, 7) is 3.37. The molecule has 1 atom stereocenters.